The number of carbonyl (C=O) groups excluding carboxylic acids is 1. The summed E-state index contributed by atoms with van der Waals surface area (Å²) in [6.45, 7) is 0. The number of benzene rings is 1. The molecule has 2 rings (SSSR count). The van der Waals surface area contributed by atoms with Crippen molar-refractivity contribution in [3.05, 3.63) is 34.8 Å². The van der Waals surface area contributed by atoms with Gasteiger partial charge in [0.1, 0.15) is 0 Å². The number of aromatic nitrogens is 1. The molecule has 0 bridgehead atoms. The van der Waals surface area contributed by atoms with Crippen LogP contribution in [0.2, 0.25) is 0 Å². The summed E-state index contributed by atoms with van der Waals surface area (Å²) in [5.41, 5.74) is 9.17. The number of aromatic hydroxyl groups is 1. The number of carbonyl (C=O) groups is 1. The SMILES string of the molecule is COc1cc(/C=N/NC(=O)Cc2csc(N)n2)ccc1O. The Hall–Kier alpha value is -2.61. The lowest BCUT2D eigenvalue weighted by Crippen LogP contribution is -2.19. The van der Waals surface area contributed by atoms with Gasteiger partial charge in [-0.05, 0) is 23.8 Å². The third-order valence-corrected chi connectivity index (χ3v) is 3.24. The fraction of sp³-hybridized carbons (Fsp3) is 0.154. The zero-order chi connectivity index (χ0) is 15.2. The highest BCUT2D eigenvalue weighted by molar-refractivity contribution is 7.13. The molecule has 0 saturated carbocycles. The lowest BCUT2D eigenvalue weighted by atomic mass is 10.2. The normalized spacial score (nSPS) is 10.7. The summed E-state index contributed by atoms with van der Waals surface area (Å²) in [5, 5.41) is 15.4. The monoisotopic (exact) mass is 306 g/mol. The molecule has 0 spiro atoms. The van der Waals surface area contributed by atoms with Crippen molar-refractivity contribution in [1.82, 2.24) is 10.4 Å². The van der Waals surface area contributed by atoms with Crippen molar-refractivity contribution in [3.8, 4) is 11.5 Å². The Morgan fingerprint density at radius 1 is 1.62 bits per heavy atom. The Morgan fingerprint density at radius 3 is 3.10 bits per heavy atom. The molecule has 110 valence electrons. The summed E-state index contributed by atoms with van der Waals surface area (Å²) >= 11 is 1.28. The first-order valence-corrected chi connectivity index (χ1v) is 6.85. The minimum Gasteiger partial charge on any atom is -0.504 e. The van der Waals surface area contributed by atoms with Crippen LogP contribution in [0.5, 0.6) is 11.5 Å². The first kappa shape index (κ1) is 14.8. The Balaban J connectivity index is 1.91. The molecule has 1 heterocycles. The van der Waals surface area contributed by atoms with Crippen LogP contribution < -0.4 is 15.9 Å². The third-order valence-electron chi connectivity index (χ3n) is 2.52. The number of nitrogens with zero attached hydrogens (tertiary/aromatic N) is 2. The zero-order valence-corrected chi connectivity index (χ0v) is 12.1. The molecule has 0 saturated heterocycles. The van der Waals surface area contributed by atoms with E-state index in [2.05, 4.69) is 15.5 Å². The van der Waals surface area contributed by atoms with E-state index >= 15 is 0 Å². The number of thiazole rings is 1. The number of ether oxygens (including phenoxy) is 1. The number of nitrogen functional groups attached to an aromatic ring is 1. The van der Waals surface area contributed by atoms with Gasteiger partial charge in [0.25, 0.3) is 0 Å². The summed E-state index contributed by atoms with van der Waals surface area (Å²) < 4.78 is 4.98. The molecule has 7 nitrogen and oxygen atoms in total. The number of amides is 1. The predicted molar refractivity (Wildman–Crippen MR) is 80.6 cm³/mol. The van der Waals surface area contributed by atoms with E-state index < -0.39 is 0 Å². The Morgan fingerprint density at radius 2 is 2.43 bits per heavy atom. The number of phenolic OH excluding ortho intramolecular Hbond substituents is 1. The van der Waals surface area contributed by atoms with Crippen molar-refractivity contribution in [2.75, 3.05) is 12.8 Å². The number of phenols is 1. The molecule has 0 aliphatic rings. The minimum absolute atomic E-state index is 0.0415. The van der Waals surface area contributed by atoms with E-state index in [0.29, 0.717) is 22.1 Å². The standard InChI is InChI=1S/C13H14N4O3S/c1-20-11-4-8(2-3-10(11)18)6-15-17-12(19)5-9-7-21-13(14)16-9/h2-4,6-7,18H,5H2,1H3,(H2,14,16)(H,17,19)/b15-6+. The molecule has 1 amide bonds. The van der Waals surface area contributed by atoms with Crippen molar-refractivity contribution in [1.29, 1.82) is 0 Å². The van der Waals surface area contributed by atoms with Crippen molar-refractivity contribution >= 4 is 28.6 Å². The van der Waals surface area contributed by atoms with Crippen LogP contribution in [0.3, 0.4) is 0 Å². The van der Waals surface area contributed by atoms with Gasteiger partial charge in [0.15, 0.2) is 16.6 Å². The number of rotatable bonds is 5. The second kappa shape index (κ2) is 6.71. The van der Waals surface area contributed by atoms with Gasteiger partial charge < -0.3 is 15.6 Å². The molecule has 0 aliphatic heterocycles. The van der Waals surface area contributed by atoms with Crippen LogP contribution in [0.25, 0.3) is 0 Å². The Labute approximate surface area is 125 Å². The molecule has 0 unspecified atom stereocenters. The van der Waals surface area contributed by atoms with Crippen LogP contribution in [-0.2, 0) is 11.2 Å². The van der Waals surface area contributed by atoms with E-state index in [9.17, 15) is 9.90 Å². The molecular weight excluding hydrogens is 292 g/mol. The van der Waals surface area contributed by atoms with Gasteiger partial charge in [-0.1, -0.05) is 0 Å². The van der Waals surface area contributed by atoms with Crippen LogP contribution in [0.15, 0.2) is 28.7 Å². The molecule has 2 aromatic rings. The largest absolute Gasteiger partial charge is 0.504 e. The van der Waals surface area contributed by atoms with Crippen molar-refractivity contribution in [2.24, 2.45) is 5.10 Å². The fourth-order valence-electron chi connectivity index (χ4n) is 1.56. The van der Waals surface area contributed by atoms with Gasteiger partial charge in [0.2, 0.25) is 5.91 Å². The maximum Gasteiger partial charge on any atom is 0.246 e. The van der Waals surface area contributed by atoms with Gasteiger partial charge in [-0.15, -0.1) is 11.3 Å². The van der Waals surface area contributed by atoms with Crippen LogP contribution >= 0.6 is 11.3 Å². The minimum atomic E-state index is -0.290. The van der Waals surface area contributed by atoms with E-state index in [-0.39, 0.29) is 18.1 Å². The number of hydrogen-bond donors (Lipinski definition) is 3. The Kier molecular flexibility index (Phi) is 4.72. The lowest BCUT2D eigenvalue weighted by Gasteiger charge is -2.03. The van der Waals surface area contributed by atoms with Crippen molar-refractivity contribution in [3.63, 3.8) is 0 Å². The summed E-state index contributed by atoms with van der Waals surface area (Å²) in [4.78, 5) is 15.6. The lowest BCUT2D eigenvalue weighted by molar-refractivity contribution is -0.120. The van der Waals surface area contributed by atoms with Crippen LogP contribution in [0.4, 0.5) is 5.13 Å². The second-order valence-electron chi connectivity index (χ2n) is 4.08. The average Bonchev–Trinajstić information content (AvgIpc) is 2.86. The fourth-order valence-corrected chi connectivity index (χ4v) is 2.12. The highest BCUT2D eigenvalue weighted by atomic mass is 32.1. The topological polar surface area (TPSA) is 110 Å². The number of anilines is 1. The Bertz CT molecular complexity index is 669. The highest BCUT2D eigenvalue weighted by Crippen LogP contribution is 2.25. The summed E-state index contributed by atoms with van der Waals surface area (Å²) in [5.74, 6) is 0.0883. The molecule has 21 heavy (non-hydrogen) atoms. The van der Waals surface area contributed by atoms with E-state index in [1.165, 1.54) is 30.7 Å². The summed E-state index contributed by atoms with van der Waals surface area (Å²) in [6, 6.07) is 4.74. The number of nitrogens with two attached hydrogens (primary N) is 1. The molecule has 1 aromatic carbocycles. The predicted octanol–water partition coefficient (Wildman–Crippen LogP) is 1.13. The molecule has 0 fully saturated rings. The molecular formula is C13H14N4O3S. The van der Waals surface area contributed by atoms with Gasteiger partial charge >= 0.3 is 0 Å². The van der Waals surface area contributed by atoms with Gasteiger partial charge in [-0.2, -0.15) is 5.10 Å². The van der Waals surface area contributed by atoms with Gasteiger partial charge in [0, 0.05) is 5.38 Å². The summed E-state index contributed by atoms with van der Waals surface area (Å²) in [7, 11) is 1.46. The molecule has 1 aromatic heterocycles. The van der Waals surface area contributed by atoms with Gasteiger partial charge in [-0.3, -0.25) is 4.79 Å². The maximum absolute atomic E-state index is 11.6. The average molecular weight is 306 g/mol. The quantitative estimate of drug-likeness (QED) is 0.566. The number of nitrogens with one attached hydrogen (secondary N) is 1. The van der Waals surface area contributed by atoms with Crippen molar-refractivity contribution in [2.45, 2.75) is 6.42 Å². The molecule has 8 heteroatoms. The molecule has 0 atom stereocenters. The second-order valence-corrected chi connectivity index (χ2v) is 4.97. The van der Waals surface area contributed by atoms with E-state index in [4.69, 9.17) is 10.5 Å². The number of hydrazone groups is 1. The van der Waals surface area contributed by atoms with E-state index in [1.54, 1.807) is 17.5 Å². The van der Waals surface area contributed by atoms with Crippen LogP contribution in [-0.4, -0.2) is 29.3 Å². The summed E-state index contributed by atoms with van der Waals surface area (Å²) in [6.07, 6.45) is 1.57. The maximum atomic E-state index is 11.6. The van der Waals surface area contributed by atoms with E-state index in [0.717, 1.165) is 0 Å². The number of methoxy groups -OCH3 is 1. The van der Waals surface area contributed by atoms with Gasteiger partial charge in [-0.25, -0.2) is 10.4 Å². The van der Waals surface area contributed by atoms with Crippen LogP contribution in [0, 0.1) is 0 Å². The first-order valence-electron chi connectivity index (χ1n) is 5.97. The zero-order valence-electron chi connectivity index (χ0n) is 11.2. The third kappa shape index (κ3) is 4.18. The smallest absolute Gasteiger partial charge is 0.246 e. The first-order chi connectivity index (χ1) is 10.1. The molecule has 0 radical (unpaired) electrons. The number of hydrogen-bond acceptors (Lipinski definition) is 7. The highest BCUT2D eigenvalue weighted by Gasteiger charge is 2.05. The van der Waals surface area contributed by atoms with Gasteiger partial charge in [0.05, 0.1) is 25.4 Å². The van der Waals surface area contributed by atoms with Crippen molar-refractivity contribution < 1.29 is 14.6 Å². The van der Waals surface area contributed by atoms with Crippen LogP contribution in [0.1, 0.15) is 11.3 Å². The molecule has 4 N–H and O–H groups in total. The van der Waals surface area contributed by atoms with E-state index in [1.807, 2.05) is 0 Å². The molecule has 0 aliphatic carbocycles.